The number of nitrogens with zero attached hydrogens (tertiary/aromatic N) is 2. The van der Waals surface area contributed by atoms with Gasteiger partial charge in [-0.3, -0.25) is 0 Å². The fraction of sp³-hybridized carbons (Fsp3) is 0.333. The fourth-order valence-electron chi connectivity index (χ4n) is 1.84. The molecule has 0 saturated heterocycles. The van der Waals surface area contributed by atoms with E-state index in [1.807, 2.05) is 0 Å². The predicted molar refractivity (Wildman–Crippen MR) is 79.3 cm³/mol. The van der Waals surface area contributed by atoms with E-state index in [-0.39, 0.29) is 5.82 Å². The molecule has 20 heavy (non-hydrogen) atoms. The molecular weight excluding hydrogens is 277 g/mol. The van der Waals surface area contributed by atoms with E-state index in [1.54, 1.807) is 24.3 Å². The quantitative estimate of drug-likeness (QED) is 0.844. The summed E-state index contributed by atoms with van der Waals surface area (Å²) < 4.78 is 13.5. The SMILES string of the molecule is CC(C)Cc1nc(Cl)cc(NCc2ccccc2F)n1. The molecule has 1 aromatic carbocycles. The first-order valence-corrected chi connectivity index (χ1v) is 6.93. The molecule has 2 aromatic rings. The minimum Gasteiger partial charge on any atom is -0.366 e. The summed E-state index contributed by atoms with van der Waals surface area (Å²) in [5.41, 5.74) is 0.590. The molecule has 0 atom stereocenters. The van der Waals surface area contributed by atoms with Crippen LogP contribution in [0.2, 0.25) is 5.15 Å². The summed E-state index contributed by atoms with van der Waals surface area (Å²) in [5, 5.41) is 3.48. The number of hydrogen-bond donors (Lipinski definition) is 1. The molecule has 0 bridgehead atoms. The fourth-order valence-corrected chi connectivity index (χ4v) is 2.04. The van der Waals surface area contributed by atoms with Crippen LogP contribution in [-0.4, -0.2) is 9.97 Å². The Labute approximate surface area is 123 Å². The molecule has 0 unspecified atom stereocenters. The lowest BCUT2D eigenvalue weighted by atomic mass is 10.1. The first-order valence-electron chi connectivity index (χ1n) is 6.55. The molecule has 0 amide bonds. The lowest BCUT2D eigenvalue weighted by molar-refractivity contribution is 0.612. The number of benzene rings is 1. The highest BCUT2D eigenvalue weighted by molar-refractivity contribution is 6.29. The molecule has 1 N–H and O–H groups in total. The van der Waals surface area contributed by atoms with Crippen molar-refractivity contribution in [3.05, 3.63) is 52.7 Å². The molecule has 0 radical (unpaired) electrons. The van der Waals surface area contributed by atoms with Gasteiger partial charge in [0.15, 0.2) is 0 Å². The summed E-state index contributed by atoms with van der Waals surface area (Å²) in [6.07, 6.45) is 0.759. The van der Waals surface area contributed by atoms with Gasteiger partial charge in [0.25, 0.3) is 0 Å². The number of halogens is 2. The van der Waals surface area contributed by atoms with Gasteiger partial charge in [-0.05, 0) is 12.0 Å². The van der Waals surface area contributed by atoms with Gasteiger partial charge in [0.2, 0.25) is 0 Å². The van der Waals surface area contributed by atoms with Gasteiger partial charge in [-0.15, -0.1) is 0 Å². The van der Waals surface area contributed by atoms with Gasteiger partial charge in [-0.2, -0.15) is 0 Å². The van der Waals surface area contributed by atoms with Gasteiger partial charge < -0.3 is 5.32 Å². The zero-order chi connectivity index (χ0) is 14.5. The largest absolute Gasteiger partial charge is 0.366 e. The second-order valence-corrected chi connectivity index (χ2v) is 5.42. The summed E-state index contributed by atoms with van der Waals surface area (Å²) in [6, 6.07) is 8.29. The Morgan fingerprint density at radius 1 is 1.25 bits per heavy atom. The minimum absolute atomic E-state index is 0.234. The van der Waals surface area contributed by atoms with Crippen LogP contribution in [0.5, 0.6) is 0 Å². The van der Waals surface area contributed by atoms with Crippen LogP contribution >= 0.6 is 11.6 Å². The van der Waals surface area contributed by atoms with Crippen molar-refractivity contribution in [2.24, 2.45) is 5.92 Å². The lowest BCUT2D eigenvalue weighted by Gasteiger charge is -2.09. The second-order valence-electron chi connectivity index (χ2n) is 5.04. The highest BCUT2D eigenvalue weighted by Crippen LogP contribution is 2.15. The van der Waals surface area contributed by atoms with Crippen molar-refractivity contribution < 1.29 is 4.39 Å². The minimum atomic E-state index is -0.234. The van der Waals surface area contributed by atoms with Crippen LogP contribution in [0.25, 0.3) is 0 Å². The van der Waals surface area contributed by atoms with Crippen LogP contribution in [0.4, 0.5) is 10.2 Å². The van der Waals surface area contributed by atoms with Gasteiger partial charge in [-0.1, -0.05) is 43.6 Å². The van der Waals surface area contributed by atoms with Crippen LogP contribution < -0.4 is 5.32 Å². The van der Waals surface area contributed by atoms with E-state index in [2.05, 4.69) is 29.1 Å². The lowest BCUT2D eigenvalue weighted by Crippen LogP contribution is -2.07. The maximum Gasteiger partial charge on any atom is 0.134 e. The van der Waals surface area contributed by atoms with E-state index in [0.29, 0.717) is 34.8 Å². The maximum atomic E-state index is 13.5. The molecule has 0 spiro atoms. The predicted octanol–water partition coefficient (Wildman–Crippen LogP) is 4.08. The number of anilines is 1. The molecule has 3 nitrogen and oxygen atoms in total. The van der Waals surface area contributed by atoms with Crippen LogP contribution in [-0.2, 0) is 13.0 Å². The van der Waals surface area contributed by atoms with Gasteiger partial charge in [0.1, 0.15) is 22.6 Å². The average Bonchev–Trinajstić information content (AvgIpc) is 2.36. The Morgan fingerprint density at radius 3 is 2.70 bits per heavy atom. The molecule has 0 fully saturated rings. The van der Waals surface area contributed by atoms with E-state index in [9.17, 15) is 4.39 Å². The number of rotatable bonds is 5. The van der Waals surface area contributed by atoms with Crippen molar-refractivity contribution >= 4 is 17.4 Å². The number of hydrogen-bond acceptors (Lipinski definition) is 3. The smallest absolute Gasteiger partial charge is 0.134 e. The third-order valence-corrected chi connectivity index (χ3v) is 2.94. The van der Waals surface area contributed by atoms with Crippen molar-refractivity contribution in [3.8, 4) is 0 Å². The highest BCUT2D eigenvalue weighted by Gasteiger charge is 2.06. The Hall–Kier alpha value is -1.68. The molecule has 0 saturated carbocycles. The molecule has 2 rings (SSSR count). The molecular formula is C15H17ClFN3. The molecule has 0 aliphatic heterocycles. The van der Waals surface area contributed by atoms with Crippen molar-refractivity contribution in [3.63, 3.8) is 0 Å². The Balaban J connectivity index is 2.09. The Bertz CT molecular complexity index is 587. The van der Waals surface area contributed by atoms with Crippen molar-refractivity contribution in [1.29, 1.82) is 0 Å². The molecule has 106 valence electrons. The van der Waals surface area contributed by atoms with Crippen LogP contribution in [0.15, 0.2) is 30.3 Å². The van der Waals surface area contributed by atoms with E-state index in [4.69, 9.17) is 11.6 Å². The summed E-state index contributed by atoms with van der Waals surface area (Å²) in [5.74, 6) is 1.53. The first-order chi connectivity index (χ1) is 9.54. The Morgan fingerprint density at radius 2 is 2.00 bits per heavy atom. The van der Waals surface area contributed by atoms with Gasteiger partial charge >= 0.3 is 0 Å². The van der Waals surface area contributed by atoms with Crippen LogP contribution in [0.3, 0.4) is 0 Å². The third-order valence-electron chi connectivity index (χ3n) is 2.75. The standard InChI is InChI=1S/C15H17ClFN3/c1-10(2)7-15-19-13(16)8-14(20-15)18-9-11-5-3-4-6-12(11)17/h3-6,8,10H,7,9H2,1-2H3,(H,18,19,20). The highest BCUT2D eigenvalue weighted by atomic mass is 35.5. The summed E-state index contributed by atoms with van der Waals surface area (Å²) >= 11 is 5.98. The molecule has 1 heterocycles. The monoisotopic (exact) mass is 293 g/mol. The molecule has 0 aliphatic rings. The summed E-state index contributed by atoms with van der Waals surface area (Å²) in [4.78, 5) is 8.58. The van der Waals surface area contributed by atoms with Crippen molar-refractivity contribution in [2.45, 2.75) is 26.8 Å². The average molecular weight is 294 g/mol. The van der Waals surface area contributed by atoms with Crippen molar-refractivity contribution in [1.82, 2.24) is 9.97 Å². The third kappa shape index (κ3) is 4.17. The zero-order valence-corrected chi connectivity index (χ0v) is 12.3. The van der Waals surface area contributed by atoms with Crippen molar-refractivity contribution in [2.75, 3.05) is 5.32 Å². The molecule has 5 heteroatoms. The van der Waals surface area contributed by atoms with E-state index in [0.717, 1.165) is 6.42 Å². The van der Waals surface area contributed by atoms with Gasteiger partial charge in [0.05, 0.1) is 0 Å². The first kappa shape index (κ1) is 14.7. The van der Waals surface area contributed by atoms with Gasteiger partial charge in [0, 0.05) is 24.6 Å². The topological polar surface area (TPSA) is 37.8 Å². The zero-order valence-electron chi connectivity index (χ0n) is 11.5. The number of nitrogens with one attached hydrogen (secondary N) is 1. The molecule has 1 aromatic heterocycles. The van der Waals surface area contributed by atoms with E-state index in [1.165, 1.54) is 6.07 Å². The van der Waals surface area contributed by atoms with E-state index >= 15 is 0 Å². The normalized spacial score (nSPS) is 10.8. The second kappa shape index (κ2) is 6.66. The summed E-state index contributed by atoms with van der Waals surface area (Å²) in [6.45, 7) is 4.55. The van der Waals surface area contributed by atoms with E-state index < -0.39 is 0 Å². The Kier molecular flexibility index (Phi) is 4.90. The van der Waals surface area contributed by atoms with Crippen LogP contribution in [0.1, 0.15) is 25.2 Å². The van der Waals surface area contributed by atoms with Gasteiger partial charge in [-0.25, -0.2) is 14.4 Å². The van der Waals surface area contributed by atoms with Crippen LogP contribution in [0, 0.1) is 11.7 Å². The maximum absolute atomic E-state index is 13.5. The number of aromatic nitrogens is 2. The summed E-state index contributed by atoms with van der Waals surface area (Å²) in [7, 11) is 0. The molecule has 0 aliphatic carbocycles.